The van der Waals surface area contributed by atoms with E-state index in [0.29, 0.717) is 75.2 Å². The zero-order valence-electron chi connectivity index (χ0n) is 22.8. The van der Waals surface area contributed by atoms with Gasteiger partial charge in [-0.15, -0.1) is 6.58 Å². The third kappa shape index (κ3) is 7.75. The fourth-order valence-electron chi connectivity index (χ4n) is 5.46. The van der Waals surface area contributed by atoms with Crippen LogP contribution in [0.25, 0.3) is 0 Å². The Morgan fingerprint density at radius 3 is 2.48 bits per heavy atom. The molecule has 1 unspecified atom stereocenters. The number of rotatable bonds is 13. The predicted octanol–water partition coefficient (Wildman–Crippen LogP) is 2.76. The highest BCUT2D eigenvalue weighted by Gasteiger charge is 2.42. The van der Waals surface area contributed by atoms with Crippen LogP contribution >= 0.6 is 0 Å². The number of nitrogens with one attached hydrogen (secondary N) is 1. The van der Waals surface area contributed by atoms with E-state index in [9.17, 15) is 19.1 Å². The van der Waals surface area contributed by atoms with Crippen molar-refractivity contribution < 1.29 is 19.1 Å². The fraction of sp³-hybridized carbons (Fsp3) is 0.452. The molecule has 2 fully saturated rings. The monoisotopic (exact) mass is 547 g/mol. The summed E-state index contributed by atoms with van der Waals surface area (Å²) in [7, 11) is 0. The highest BCUT2D eigenvalue weighted by atomic mass is 19.1. The van der Waals surface area contributed by atoms with Crippen molar-refractivity contribution in [1.82, 2.24) is 20.0 Å². The Kier molecular flexibility index (Phi) is 10.4. The number of aliphatic hydroxyl groups excluding tert-OH is 1. The summed E-state index contributed by atoms with van der Waals surface area (Å²) in [4.78, 5) is 32.9. The van der Waals surface area contributed by atoms with Crippen molar-refractivity contribution in [3.63, 3.8) is 0 Å². The maximum absolute atomic E-state index is 13.6. The summed E-state index contributed by atoms with van der Waals surface area (Å²) < 4.78 is 13.4. The van der Waals surface area contributed by atoms with Gasteiger partial charge < -0.3 is 15.3 Å². The zero-order chi connectivity index (χ0) is 28.5. The van der Waals surface area contributed by atoms with Gasteiger partial charge in [-0.05, 0) is 67.8 Å². The van der Waals surface area contributed by atoms with E-state index in [4.69, 9.17) is 5.26 Å². The molecular formula is C31H38FN5O3. The van der Waals surface area contributed by atoms with Gasteiger partial charge in [-0.3, -0.25) is 19.4 Å². The molecule has 40 heavy (non-hydrogen) atoms. The molecule has 0 aromatic heterocycles. The Balaban J connectivity index is 1.39. The summed E-state index contributed by atoms with van der Waals surface area (Å²) in [5.74, 6) is -0.332. The molecular weight excluding hydrogens is 509 g/mol. The molecule has 9 heteroatoms. The first-order valence-corrected chi connectivity index (χ1v) is 14.0. The number of hydrogen-bond donors (Lipinski definition) is 2. The van der Waals surface area contributed by atoms with Gasteiger partial charge in [0.15, 0.2) is 0 Å². The van der Waals surface area contributed by atoms with Gasteiger partial charge in [0.25, 0.3) is 5.91 Å². The van der Waals surface area contributed by atoms with Crippen molar-refractivity contribution in [1.29, 1.82) is 5.26 Å². The van der Waals surface area contributed by atoms with E-state index in [1.165, 1.54) is 12.1 Å². The summed E-state index contributed by atoms with van der Waals surface area (Å²) in [5.41, 5.74) is 1.99. The minimum absolute atomic E-state index is 0.0848. The summed E-state index contributed by atoms with van der Waals surface area (Å²) in [6, 6.07) is 14.8. The van der Waals surface area contributed by atoms with E-state index in [-0.39, 0.29) is 24.2 Å². The lowest BCUT2D eigenvalue weighted by Gasteiger charge is -2.36. The third-order valence-corrected chi connectivity index (χ3v) is 7.81. The van der Waals surface area contributed by atoms with Crippen LogP contribution in [0.1, 0.15) is 46.7 Å². The number of halogens is 1. The van der Waals surface area contributed by atoms with E-state index in [2.05, 4.69) is 21.7 Å². The SMILES string of the molecule is C=CCN(CCCC(NC(=O)c1ccc(C#N)cc1)C(=O)N1CCN(CCO)CC1)[C@@H]1C[C@H]1c1ccc(F)cc1. The number of benzene rings is 2. The number of piperazine rings is 1. The molecule has 1 aliphatic carbocycles. The minimum Gasteiger partial charge on any atom is -0.395 e. The lowest BCUT2D eigenvalue weighted by Crippen LogP contribution is -2.55. The van der Waals surface area contributed by atoms with Gasteiger partial charge in [-0.25, -0.2) is 4.39 Å². The molecule has 1 aliphatic heterocycles. The summed E-state index contributed by atoms with van der Waals surface area (Å²) >= 11 is 0. The second-order valence-electron chi connectivity index (χ2n) is 10.5. The lowest BCUT2D eigenvalue weighted by molar-refractivity contribution is -0.135. The van der Waals surface area contributed by atoms with E-state index in [0.717, 1.165) is 18.5 Å². The highest BCUT2D eigenvalue weighted by Crippen LogP contribution is 2.44. The van der Waals surface area contributed by atoms with Gasteiger partial charge >= 0.3 is 0 Å². The lowest BCUT2D eigenvalue weighted by atomic mass is 10.1. The average Bonchev–Trinajstić information content (AvgIpc) is 3.77. The van der Waals surface area contributed by atoms with E-state index < -0.39 is 6.04 Å². The van der Waals surface area contributed by atoms with Crippen LogP contribution in [0.4, 0.5) is 4.39 Å². The molecule has 2 amide bonds. The Morgan fingerprint density at radius 1 is 1.15 bits per heavy atom. The number of carbonyl (C=O) groups excluding carboxylic acids is 2. The number of β-amino-alcohol motifs (C(OH)–C–C–N with tert-alkyl or cyclic N) is 1. The van der Waals surface area contributed by atoms with E-state index in [1.54, 1.807) is 29.2 Å². The van der Waals surface area contributed by atoms with Crippen molar-refractivity contribution in [2.24, 2.45) is 0 Å². The molecule has 2 aromatic carbocycles. The number of amides is 2. The quantitative estimate of drug-likeness (QED) is 0.374. The van der Waals surface area contributed by atoms with Crippen LogP contribution in [0.5, 0.6) is 0 Å². The Labute approximate surface area is 235 Å². The van der Waals surface area contributed by atoms with Crippen LogP contribution in [-0.2, 0) is 4.79 Å². The molecule has 8 nitrogen and oxygen atoms in total. The predicted molar refractivity (Wildman–Crippen MR) is 151 cm³/mol. The van der Waals surface area contributed by atoms with Gasteiger partial charge in [0.2, 0.25) is 5.91 Å². The Morgan fingerprint density at radius 2 is 1.85 bits per heavy atom. The molecule has 0 spiro atoms. The molecule has 2 N–H and O–H groups in total. The van der Waals surface area contributed by atoms with Gasteiger partial charge in [0.05, 0.1) is 18.2 Å². The molecule has 0 bridgehead atoms. The second kappa shape index (κ2) is 14.2. The van der Waals surface area contributed by atoms with Crippen molar-refractivity contribution >= 4 is 11.8 Å². The number of aliphatic hydroxyl groups is 1. The third-order valence-electron chi connectivity index (χ3n) is 7.81. The van der Waals surface area contributed by atoms with Crippen molar-refractivity contribution in [2.45, 2.75) is 37.3 Å². The zero-order valence-corrected chi connectivity index (χ0v) is 22.8. The highest BCUT2D eigenvalue weighted by molar-refractivity contribution is 5.97. The number of carbonyl (C=O) groups is 2. The van der Waals surface area contributed by atoms with Crippen molar-refractivity contribution in [2.75, 3.05) is 52.4 Å². The maximum atomic E-state index is 13.6. The van der Waals surface area contributed by atoms with Crippen LogP contribution in [0.3, 0.4) is 0 Å². The molecule has 2 aliphatic rings. The summed E-state index contributed by atoms with van der Waals surface area (Å²) in [6.07, 6.45) is 4.06. The fourth-order valence-corrected chi connectivity index (χ4v) is 5.46. The van der Waals surface area contributed by atoms with Crippen molar-refractivity contribution in [3.8, 4) is 6.07 Å². The summed E-state index contributed by atoms with van der Waals surface area (Å²) in [5, 5.41) is 21.2. The number of nitriles is 1. The van der Waals surface area contributed by atoms with Crippen LogP contribution in [0.15, 0.2) is 61.2 Å². The average molecular weight is 548 g/mol. The standard InChI is InChI=1S/C31H38FN5O3/c1-2-13-36(29-21-27(29)24-9-11-26(32)12-10-24)14-3-4-28(31(40)37-17-15-35(16-18-37)19-20-38)34-30(39)25-7-5-23(22-33)6-8-25/h2,5-12,27-29,38H,1,3-4,13-21H2,(H,34,39)/t27-,28?,29+/m0/s1. The van der Waals surface area contributed by atoms with E-state index >= 15 is 0 Å². The van der Waals surface area contributed by atoms with Crippen molar-refractivity contribution in [3.05, 3.63) is 83.7 Å². The summed E-state index contributed by atoms with van der Waals surface area (Å²) in [6.45, 7) is 8.50. The number of nitrogens with zero attached hydrogens (tertiary/aromatic N) is 4. The largest absolute Gasteiger partial charge is 0.395 e. The molecule has 2 aromatic rings. The minimum atomic E-state index is -0.676. The molecule has 3 atom stereocenters. The molecule has 212 valence electrons. The van der Waals surface area contributed by atoms with Gasteiger partial charge in [-0.1, -0.05) is 18.2 Å². The Bertz CT molecular complexity index is 1190. The second-order valence-corrected chi connectivity index (χ2v) is 10.5. The van der Waals surface area contributed by atoms with Gasteiger partial charge in [0.1, 0.15) is 11.9 Å². The van der Waals surface area contributed by atoms with Crippen LogP contribution in [0.2, 0.25) is 0 Å². The maximum Gasteiger partial charge on any atom is 0.251 e. The van der Waals surface area contributed by atoms with E-state index in [1.807, 2.05) is 24.3 Å². The van der Waals surface area contributed by atoms with Crippen LogP contribution in [0, 0.1) is 17.1 Å². The van der Waals surface area contributed by atoms with Gasteiger partial charge in [0, 0.05) is 56.8 Å². The first-order chi connectivity index (χ1) is 19.4. The van der Waals surface area contributed by atoms with Crippen LogP contribution in [-0.4, -0.2) is 96.1 Å². The Hall–Kier alpha value is -3.58. The molecule has 1 saturated heterocycles. The molecule has 0 radical (unpaired) electrons. The molecule has 1 saturated carbocycles. The first-order valence-electron chi connectivity index (χ1n) is 14.0. The molecule has 1 heterocycles. The van der Waals surface area contributed by atoms with Crippen LogP contribution < -0.4 is 5.32 Å². The smallest absolute Gasteiger partial charge is 0.251 e. The first kappa shape index (κ1) is 29.4. The molecule has 4 rings (SSSR count). The van der Waals surface area contributed by atoms with Gasteiger partial charge in [-0.2, -0.15) is 5.26 Å². The topological polar surface area (TPSA) is 99.9 Å². The number of hydrogen-bond acceptors (Lipinski definition) is 6. The normalized spacial score (nSPS) is 19.6.